The Morgan fingerprint density at radius 2 is 0.750 bits per heavy atom. The fourth-order valence-corrected chi connectivity index (χ4v) is 7.06. The molecule has 4 aromatic heterocycles. The lowest BCUT2D eigenvalue weighted by atomic mass is 9.98. The molecule has 0 spiro atoms. The predicted octanol–water partition coefficient (Wildman–Crippen LogP) is 11.2. The topological polar surface area (TPSA) is 86.6 Å². The lowest BCUT2D eigenvalue weighted by Crippen LogP contribution is -2.06. The van der Waals surface area contributed by atoms with Crippen LogP contribution in [0.5, 0.6) is 0 Å². The van der Waals surface area contributed by atoms with E-state index in [4.69, 9.17) is 4.74 Å². The normalized spacial score (nSPS) is 12.3. The molecule has 8 bridgehead atoms. The smallest absolute Gasteiger partial charge is 0.340 e. The number of nitrogens with one attached hydrogen (secondary N) is 3. The summed E-state index contributed by atoms with van der Waals surface area (Å²) in [7, 11) is 0.826. The minimum absolute atomic E-state index is 0.238. The van der Waals surface area contributed by atoms with E-state index in [1.54, 1.807) is 0 Å². The zero-order valence-corrected chi connectivity index (χ0v) is 29.2. The number of ether oxygens (including phenoxy) is 1. The molecule has 60 heavy (non-hydrogen) atoms. The third-order valence-electron chi connectivity index (χ3n) is 9.77. The quantitative estimate of drug-likeness (QED) is 0.0713. The minimum atomic E-state index is -2.62. The average Bonchev–Trinajstić information content (AvgIpc) is 4.08. The number of esters is 1. The van der Waals surface area contributed by atoms with Crippen molar-refractivity contribution < 1.29 is 75.4 Å². The summed E-state index contributed by atoms with van der Waals surface area (Å²) in [6.07, 6.45) is -1.23. The van der Waals surface area contributed by atoms with Crippen LogP contribution in [0.3, 0.4) is 0 Å². The summed E-state index contributed by atoms with van der Waals surface area (Å²) in [5.41, 5.74) is -13.4. The van der Waals surface area contributed by atoms with E-state index < -0.39 is 178 Å². The molecule has 6 nitrogen and oxygen atoms in total. The Bertz CT molecular complexity index is 3100. The van der Waals surface area contributed by atoms with Gasteiger partial charge in [-0.15, -0.1) is 0 Å². The fourth-order valence-electron chi connectivity index (χ4n) is 7.06. The number of fused-ring (bicyclic) bond motifs is 9. The van der Waals surface area contributed by atoms with Crippen molar-refractivity contribution in [1.29, 1.82) is 0 Å². The standard InChI is InChI=1S/C39H15F15N4O2/c1-60-39(59)9-8-16-10-2-3-11(55-10)17(20-23(40)29(46)35(52)30(47)24(20)41)12-4-5-13(56-12)18(21-25(42)31(48)36(53)32(49)26(21)43)14-6-7-15(57-14)19(38(9)58-16)22-27(44)33(50)37(54)34(51)28(22)45/h2-3,6-8,55,57-58H,4-5H2,1H3. The monoisotopic (exact) mass is 856 g/mol. The fraction of sp³-hybridized carbons (Fsp3) is 0.0769. The van der Waals surface area contributed by atoms with Gasteiger partial charge >= 0.3 is 5.97 Å². The van der Waals surface area contributed by atoms with E-state index in [0.717, 1.165) is 37.4 Å². The van der Waals surface area contributed by atoms with Gasteiger partial charge in [-0.2, -0.15) is 0 Å². The second-order valence-corrected chi connectivity index (χ2v) is 13.0. The van der Waals surface area contributed by atoms with Gasteiger partial charge in [-0.05, 0) is 43.2 Å². The molecule has 3 aromatic carbocycles. The summed E-state index contributed by atoms with van der Waals surface area (Å²) in [4.78, 5) is 24.9. The van der Waals surface area contributed by atoms with E-state index in [0.29, 0.717) is 0 Å². The number of benzene rings is 3. The molecule has 308 valence electrons. The number of aromatic nitrogens is 4. The molecule has 0 aliphatic carbocycles. The Labute approximate surface area is 322 Å². The highest BCUT2D eigenvalue weighted by Gasteiger charge is 2.34. The van der Waals surface area contributed by atoms with Crippen LogP contribution >= 0.6 is 0 Å². The van der Waals surface area contributed by atoms with E-state index in [-0.39, 0.29) is 11.0 Å². The van der Waals surface area contributed by atoms with Gasteiger partial charge < -0.3 is 19.7 Å². The lowest BCUT2D eigenvalue weighted by Gasteiger charge is -2.11. The van der Waals surface area contributed by atoms with Gasteiger partial charge in [0.25, 0.3) is 0 Å². The number of methoxy groups -OCH3 is 1. The molecule has 5 heterocycles. The Morgan fingerprint density at radius 1 is 0.433 bits per heavy atom. The van der Waals surface area contributed by atoms with Crippen molar-refractivity contribution in [2.24, 2.45) is 0 Å². The number of nitrogens with zero attached hydrogens (tertiary/aromatic N) is 1. The Morgan fingerprint density at radius 3 is 1.13 bits per heavy atom. The average molecular weight is 857 g/mol. The van der Waals surface area contributed by atoms with Crippen LogP contribution in [0.4, 0.5) is 65.9 Å². The zero-order valence-electron chi connectivity index (χ0n) is 29.2. The highest BCUT2D eigenvalue weighted by Crippen LogP contribution is 2.43. The van der Waals surface area contributed by atoms with E-state index >= 15 is 26.3 Å². The van der Waals surface area contributed by atoms with Gasteiger partial charge in [0.1, 0.15) is 0 Å². The van der Waals surface area contributed by atoms with Gasteiger partial charge in [-0.1, -0.05) is 0 Å². The van der Waals surface area contributed by atoms with Crippen LogP contribution < -0.4 is 0 Å². The molecule has 0 amide bonds. The first-order chi connectivity index (χ1) is 28.4. The van der Waals surface area contributed by atoms with Crippen LogP contribution in [0.25, 0.3) is 66.5 Å². The number of rotatable bonds is 4. The number of hydrogen-bond donors (Lipinski definition) is 3. The third-order valence-corrected chi connectivity index (χ3v) is 9.77. The summed E-state index contributed by atoms with van der Waals surface area (Å²) < 4.78 is 231. The van der Waals surface area contributed by atoms with Crippen molar-refractivity contribution >= 4 is 39.1 Å². The molecule has 0 saturated heterocycles. The lowest BCUT2D eigenvalue weighted by molar-refractivity contribution is 0.0603. The van der Waals surface area contributed by atoms with Gasteiger partial charge in [0.15, 0.2) is 69.8 Å². The molecule has 21 heteroatoms. The van der Waals surface area contributed by atoms with Crippen molar-refractivity contribution in [3.63, 3.8) is 0 Å². The predicted molar refractivity (Wildman–Crippen MR) is 181 cm³/mol. The molecule has 0 saturated carbocycles. The van der Waals surface area contributed by atoms with Gasteiger partial charge in [0, 0.05) is 33.2 Å². The number of H-pyrrole nitrogens is 3. The van der Waals surface area contributed by atoms with Crippen LogP contribution in [0.2, 0.25) is 0 Å². The number of carbonyl (C=O) groups is 1. The van der Waals surface area contributed by atoms with E-state index in [1.807, 2.05) is 0 Å². The zero-order chi connectivity index (χ0) is 43.4. The molecule has 0 fully saturated rings. The summed E-state index contributed by atoms with van der Waals surface area (Å²) in [6, 6.07) is 4.56. The van der Waals surface area contributed by atoms with Gasteiger partial charge in [0.2, 0.25) is 17.5 Å². The SMILES string of the molecule is COC(=O)c1cc2[nH]c1c(-c1c(F)c(F)c(F)c(F)c1F)c1ccc([nH]1)c(-c1c(F)c(F)c(F)c(F)c1F)c1nc(c(-c3c(F)c(F)c(F)c(F)c3F)c3ccc2[nH]3)CC1. The molecule has 1 aliphatic heterocycles. The van der Waals surface area contributed by atoms with Crippen molar-refractivity contribution in [2.75, 3.05) is 7.11 Å². The number of halogens is 15. The molecular formula is C39H15F15N4O2. The Hall–Kier alpha value is -6.93. The molecule has 7 aromatic rings. The van der Waals surface area contributed by atoms with Gasteiger partial charge in [-0.3, -0.25) is 4.98 Å². The van der Waals surface area contributed by atoms with Crippen molar-refractivity contribution in [2.45, 2.75) is 12.8 Å². The van der Waals surface area contributed by atoms with Crippen LogP contribution in [-0.2, 0) is 17.6 Å². The number of aromatic amines is 3. The summed E-state index contributed by atoms with van der Waals surface area (Å²) in [6.45, 7) is 0. The first-order valence-corrected chi connectivity index (χ1v) is 16.7. The minimum Gasteiger partial charge on any atom is -0.465 e. The van der Waals surface area contributed by atoms with Crippen molar-refractivity contribution in [1.82, 2.24) is 19.9 Å². The van der Waals surface area contributed by atoms with Crippen LogP contribution in [0.15, 0.2) is 30.3 Å². The van der Waals surface area contributed by atoms with Crippen molar-refractivity contribution in [3.05, 3.63) is 135 Å². The van der Waals surface area contributed by atoms with Gasteiger partial charge in [-0.25, -0.2) is 70.7 Å². The largest absolute Gasteiger partial charge is 0.465 e. The third kappa shape index (κ3) is 5.69. The first kappa shape index (κ1) is 39.9. The molecular weight excluding hydrogens is 841 g/mol. The second-order valence-electron chi connectivity index (χ2n) is 13.0. The molecule has 0 unspecified atom stereocenters. The number of hydrogen-bond acceptors (Lipinski definition) is 3. The molecule has 0 atom stereocenters. The molecule has 3 N–H and O–H groups in total. The van der Waals surface area contributed by atoms with Crippen LogP contribution in [0, 0.1) is 87.3 Å². The molecule has 1 aliphatic rings. The van der Waals surface area contributed by atoms with Crippen LogP contribution in [-0.4, -0.2) is 33.0 Å². The van der Waals surface area contributed by atoms with E-state index in [1.165, 1.54) is 0 Å². The van der Waals surface area contributed by atoms with E-state index in [9.17, 15) is 44.3 Å². The summed E-state index contributed by atoms with van der Waals surface area (Å²) >= 11 is 0. The Kier molecular flexibility index (Phi) is 9.38. The highest BCUT2D eigenvalue weighted by molar-refractivity contribution is 6.08. The highest BCUT2D eigenvalue weighted by atomic mass is 19.2. The maximum atomic E-state index is 15.8. The summed E-state index contributed by atoms with van der Waals surface area (Å²) in [5.74, 6) is -38.6. The summed E-state index contributed by atoms with van der Waals surface area (Å²) in [5, 5.41) is 0. The second kappa shape index (κ2) is 14.1. The Balaban J connectivity index is 1.69. The van der Waals surface area contributed by atoms with E-state index in [2.05, 4.69) is 19.9 Å². The number of aryl methyl sites for hydroxylation is 2. The van der Waals surface area contributed by atoms with Gasteiger partial charge in [0.05, 0.1) is 57.3 Å². The maximum absolute atomic E-state index is 15.8. The molecule has 0 radical (unpaired) electrons. The van der Waals surface area contributed by atoms with Crippen molar-refractivity contribution in [3.8, 4) is 33.4 Å². The molecule has 8 rings (SSSR count). The first-order valence-electron chi connectivity index (χ1n) is 16.7. The number of carbonyl (C=O) groups excluding carboxylic acids is 1. The van der Waals surface area contributed by atoms with Crippen LogP contribution in [0.1, 0.15) is 21.7 Å². The maximum Gasteiger partial charge on any atom is 0.340 e.